The number of nitrogens with zero attached hydrogens (tertiary/aromatic N) is 1. The van der Waals surface area contributed by atoms with Crippen LogP contribution in [0, 0.1) is 0 Å². The second-order valence-electron chi connectivity index (χ2n) is 6.00. The van der Waals surface area contributed by atoms with Crippen LogP contribution in [0.2, 0.25) is 0 Å². The summed E-state index contributed by atoms with van der Waals surface area (Å²) >= 11 is 1.50. The van der Waals surface area contributed by atoms with Crippen molar-refractivity contribution < 1.29 is 19.1 Å². The summed E-state index contributed by atoms with van der Waals surface area (Å²) in [4.78, 5) is 27.3. The topological polar surface area (TPSA) is 67.9 Å². The Labute approximate surface area is 155 Å². The second kappa shape index (κ2) is 7.29. The first kappa shape index (κ1) is 16.8. The highest BCUT2D eigenvalue weighted by atomic mass is 32.2. The maximum Gasteiger partial charge on any atom is 0.244 e. The fourth-order valence-corrected chi connectivity index (χ4v) is 3.85. The summed E-state index contributed by atoms with van der Waals surface area (Å²) in [7, 11) is 0. The summed E-state index contributed by atoms with van der Waals surface area (Å²) in [5, 5.41) is 2.84. The van der Waals surface area contributed by atoms with Crippen LogP contribution >= 0.6 is 11.8 Å². The molecule has 2 amide bonds. The number of thioether (sulfide) groups is 1. The highest BCUT2D eigenvalue weighted by Gasteiger charge is 2.26. The lowest BCUT2D eigenvalue weighted by molar-refractivity contribution is -0.120. The third-order valence-corrected chi connectivity index (χ3v) is 5.19. The van der Waals surface area contributed by atoms with Crippen LogP contribution in [0.4, 0.5) is 11.4 Å². The molecule has 2 aromatic carbocycles. The number of anilines is 2. The molecule has 26 heavy (non-hydrogen) atoms. The van der Waals surface area contributed by atoms with E-state index in [0.29, 0.717) is 36.2 Å². The summed E-state index contributed by atoms with van der Waals surface area (Å²) in [6.07, 6.45) is 0.824. The van der Waals surface area contributed by atoms with Crippen LogP contribution in [0.5, 0.6) is 11.5 Å². The van der Waals surface area contributed by atoms with Gasteiger partial charge in [-0.2, -0.15) is 0 Å². The molecule has 0 aliphatic carbocycles. The van der Waals surface area contributed by atoms with E-state index in [4.69, 9.17) is 9.47 Å². The van der Waals surface area contributed by atoms with Crippen LogP contribution < -0.4 is 19.7 Å². The molecule has 0 saturated heterocycles. The predicted octanol–water partition coefficient (Wildman–Crippen LogP) is 2.93. The van der Waals surface area contributed by atoms with Gasteiger partial charge in [0.25, 0.3) is 0 Å². The Hall–Kier alpha value is -2.67. The number of para-hydroxylation sites is 1. The maximum atomic E-state index is 12.5. The number of fused-ring (bicyclic) bond motifs is 2. The highest BCUT2D eigenvalue weighted by molar-refractivity contribution is 8.00. The van der Waals surface area contributed by atoms with Gasteiger partial charge in [0.1, 0.15) is 6.54 Å². The number of carbonyl (C=O) groups excluding carboxylic acids is 2. The molecule has 2 aliphatic rings. The van der Waals surface area contributed by atoms with Gasteiger partial charge in [-0.3, -0.25) is 9.59 Å². The number of nitrogens with one attached hydrogen (secondary N) is 1. The Morgan fingerprint density at radius 2 is 1.92 bits per heavy atom. The Balaban J connectivity index is 1.48. The average Bonchev–Trinajstić information content (AvgIpc) is 2.89. The molecule has 0 aromatic heterocycles. The summed E-state index contributed by atoms with van der Waals surface area (Å²) < 4.78 is 11.2. The van der Waals surface area contributed by atoms with E-state index in [1.807, 2.05) is 24.3 Å². The second-order valence-corrected chi connectivity index (χ2v) is 7.01. The van der Waals surface area contributed by atoms with Crippen molar-refractivity contribution in [3.63, 3.8) is 0 Å². The van der Waals surface area contributed by atoms with Gasteiger partial charge in [-0.15, -0.1) is 11.8 Å². The fourth-order valence-electron chi connectivity index (χ4n) is 2.91. The van der Waals surface area contributed by atoms with Gasteiger partial charge < -0.3 is 19.7 Å². The quantitative estimate of drug-likeness (QED) is 0.900. The van der Waals surface area contributed by atoms with E-state index < -0.39 is 0 Å². The van der Waals surface area contributed by atoms with Crippen LogP contribution in [-0.4, -0.2) is 37.3 Å². The molecule has 7 heteroatoms. The molecule has 0 fully saturated rings. The molecule has 2 heterocycles. The molecule has 2 aliphatic heterocycles. The maximum absolute atomic E-state index is 12.5. The van der Waals surface area contributed by atoms with Gasteiger partial charge >= 0.3 is 0 Å². The van der Waals surface area contributed by atoms with Gasteiger partial charge in [0.05, 0.1) is 24.7 Å². The summed E-state index contributed by atoms with van der Waals surface area (Å²) in [5.74, 6) is 1.32. The lowest BCUT2D eigenvalue weighted by Crippen LogP contribution is -2.41. The van der Waals surface area contributed by atoms with Gasteiger partial charge in [-0.1, -0.05) is 12.1 Å². The minimum atomic E-state index is -0.255. The number of rotatable bonds is 3. The van der Waals surface area contributed by atoms with E-state index in [0.717, 1.165) is 17.0 Å². The smallest absolute Gasteiger partial charge is 0.244 e. The van der Waals surface area contributed by atoms with E-state index in [-0.39, 0.29) is 18.4 Å². The molecule has 6 nitrogen and oxygen atoms in total. The summed E-state index contributed by atoms with van der Waals surface area (Å²) in [5.41, 5.74) is 1.40. The van der Waals surface area contributed by atoms with E-state index in [1.165, 1.54) is 16.7 Å². The van der Waals surface area contributed by atoms with Gasteiger partial charge in [-0.25, -0.2) is 0 Å². The Kier molecular flexibility index (Phi) is 4.71. The van der Waals surface area contributed by atoms with Crippen molar-refractivity contribution >= 4 is 35.0 Å². The predicted molar refractivity (Wildman–Crippen MR) is 100 cm³/mol. The summed E-state index contributed by atoms with van der Waals surface area (Å²) in [6.45, 7) is 1.18. The molecule has 134 valence electrons. The molecular weight excluding hydrogens is 352 g/mol. The number of benzene rings is 2. The first-order valence-corrected chi connectivity index (χ1v) is 9.41. The van der Waals surface area contributed by atoms with Crippen molar-refractivity contribution in [3.05, 3.63) is 42.5 Å². The SMILES string of the molecule is O=C(CN1C(=O)CSc2ccccc21)Nc1ccc2c(c1)OCCCO2. The first-order chi connectivity index (χ1) is 12.7. The molecule has 0 radical (unpaired) electrons. The van der Waals surface area contributed by atoms with Crippen molar-refractivity contribution in [1.29, 1.82) is 0 Å². The van der Waals surface area contributed by atoms with Crippen molar-refractivity contribution in [1.82, 2.24) is 0 Å². The summed E-state index contributed by atoms with van der Waals surface area (Å²) in [6, 6.07) is 12.9. The molecule has 1 N–H and O–H groups in total. The molecule has 0 spiro atoms. The first-order valence-electron chi connectivity index (χ1n) is 8.42. The highest BCUT2D eigenvalue weighted by Crippen LogP contribution is 2.35. The van der Waals surface area contributed by atoms with Crippen LogP contribution in [-0.2, 0) is 9.59 Å². The molecule has 0 saturated carbocycles. The largest absolute Gasteiger partial charge is 0.490 e. The van der Waals surface area contributed by atoms with E-state index in [2.05, 4.69) is 5.32 Å². The van der Waals surface area contributed by atoms with Gasteiger partial charge in [0, 0.05) is 23.1 Å². The molecule has 0 bridgehead atoms. The van der Waals surface area contributed by atoms with E-state index in [9.17, 15) is 9.59 Å². The van der Waals surface area contributed by atoms with Gasteiger partial charge in [0.15, 0.2) is 11.5 Å². The van der Waals surface area contributed by atoms with Gasteiger partial charge in [0.2, 0.25) is 11.8 Å². The molecule has 0 atom stereocenters. The minimum Gasteiger partial charge on any atom is -0.490 e. The zero-order chi connectivity index (χ0) is 17.9. The van der Waals surface area contributed by atoms with Crippen molar-refractivity contribution in [3.8, 4) is 11.5 Å². The van der Waals surface area contributed by atoms with Gasteiger partial charge in [-0.05, 0) is 24.3 Å². The van der Waals surface area contributed by atoms with Crippen LogP contribution in [0.15, 0.2) is 47.4 Å². The number of hydrogen-bond donors (Lipinski definition) is 1. The number of hydrogen-bond acceptors (Lipinski definition) is 5. The molecular formula is C19H18N2O4S. The Bertz CT molecular complexity index is 855. The molecule has 0 unspecified atom stereocenters. The third kappa shape index (κ3) is 3.48. The number of carbonyl (C=O) groups is 2. The van der Waals surface area contributed by atoms with E-state index in [1.54, 1.807) is 18.2 Å². The molecule has 4 rings (SSSR count). The van der Waals surface area contributed by atoms with Crippen LogP contribution in [0.3, 0.4) is 0 Å². The van der Waals surface area contributed by atoms with Crippen LogP contribution in [0.1, 0.15) is 6.42 Å². The lowest BCUT2D eigenvalue weighted by atomic mass is 10.2. The van der Waals surface area contributed by atoms with E-state index >= 15 is 0 Å². The monoisotopic (exact) mass is 370 g/mol. The zero-order valence-electron chi connectivity index (χ0n) is 14.1. The fraction of sp³-hybridized carbons (Fsp3) is 0.263. The minimum absolute atomic E-state index is 0.0230. The van der Waals surface area contributed by atoms with Crippen molar-refractivity contribution in [2.45, 2.75) is 11.3 Å². The number of ether oxygens (including phenoxy) is 2. The Morgan fingerprint density at radius 1 is 1.12 bits per heavy atom. The van der Waals surface area contributed by atoms with Crippen LogP contribution in [0.25, 0.3) is 0 Å². The number of amides is 2. The van der Waals surface area contributed by atoms with Crippen molar-refractivity contribution in [2.75, 3.05) is 35.7 Å². The normalized spacial score (nSPS) is 15.8. The molecule has 2 aromatic rings. The zero-order valence-corrected chi connectivity index (χ0v) is 14.9. The van der Waals surface area contributed by atoms with Crippen molar-refractivity contribution in [2.24, 2.45) is 0 Å². The third-order valence-electron chi connectivity index (χ3n) is 4.14. The Morgan fingerprint density at radius 3 is 2.81 bits per heavy atom. The average molecular weight is 370 g/mol. The lowest BCUT2D eigenvalue weighted by Gasteiger charge is -2.28. The standard InChI is InChI=1S/C19H18N2O4S/c22-18(11-21-14-4-1-2-5-17(14)26-12-19(21)23)20-13-6-7-15-16(10-13)25-9-3-8-24-15/h1-2,4-7,10H,3,8-9,11-12H2,(H,20,22).